The molecule has 0 saturated carbocycles. The molecule has 1 unspecified atom stereocenters. The minimum Gasteiger partial charge on any atom is -0.395 e. The topological polar surface area (TPSA) is 35.8 Å². The van der Waals surface area contributed by atoms with Crippen LogP contribution in [-0.4, -0.2) is 42.1 Å². The largest absolute Gasteiger partial charge is 0.395 e. The van der Waals surface area contributed by atoms with Crippen molar-refractivity contribution in [2.45, 2.75) is 58.0 Å². The van der Waals surface area contributed by atoms with Crippen LogP contribution in [0.25, 0.3) is 0 Å². The van der Waals surface area contributed by atoms with E-state index in [0.29, 0.717) is 0 Å². The van der Waals surface area contributed by atoms with E-state index in [-0.39, 0.29) is 12.8 Å². The Morgan fingerprint density at radius 2 is 2.11 bits per heavy atom. The lowest BCUT2D eigenvalue weighted by Crippen LogP contribution is -2.32. The maximum Gasteiger partial charge on any atom is 0.105 e. The predicted molar refractivity (Wildman–Crippen MR) is 78.1 cm³/mol. The lowest BCUT2D eigenvalue weighted by Gasteiger charge is -2.20. The SMILES string of the molecule is CCCCCCC/C=C/CC1N=CCN1CCO. The average Bonchev–Trinajstić information content (AvgIpc) is 2.81. The van der Waals surface area contributed by atoms with Crippen molar-refractivity contribution < 1.29 is 5.11 Å². The highest BCUT2D eigenvalue weighted by molar-refractivity contribution is 5.62. The highest BCUT2D eigenvalue weighted by atomic mass is 16.3. The second-order valence-electron chi connectivity index (χ2n) is 4.94. The van der Waals surface area contributed by atoms with Crippen LogP contribution in [0, 0.1) is 0 Å². The van der Waals surface area contributed by atoms with Crippen LogP contribution in [0.3, 0.4) is 0 Å². The van der Waals surface area contributed by atoms with Gasteiger partial charge in [0.1, 0.15) is 6.17 Å². The number of hydrogen-bond donors (Lipinski definition) is 1. The van der Waals surface area contributed by atoms with E-state index in [0.717, 1.165) is 19.5 Å². The number of unbranched alkanes of at least 4 members (excludes halogenated alkanes) is 5. The molecule has 1 heterocycles. The van der Waals surface area contributed by atoms with Crippen LogP contribution < -0.4 is 0 Å². The van der Waals surface area contributed by atoms with Crippen molar-refractivity contribution in [2.24, 2.45) is 4.99 Å². The molecule has 1 aliphatic heterocycles. The number of nitrogens with zero attached hydrogens (tertiary/aromatic N) is 2. The fourth-order valence-electron chi connectivity index (χ4n) is 2.27. The van der Waals surface area contributed by atoms with Crippen molar-refractivity contribution in [3.05, 3.63) is 12.2 Å². The number of aliphatic hydroxyl groups is 1. The van der Waals surface area contributed by atoms with Crippen LogP contribution in [0.5, 0.6) is 0 Å². The molecule has 104 valence electrons. The van der Waals surface area contributed by atoms with Crippen LogP contribution in [0.4, 0.5) is 0 Å². The van der Waals surface area contributed by atoms with Gasteiger partial charge in [0.15, 0.2) is 0 Å². The van der Waals surface area contributed by atoms with Crippen molar-refractivity contribution in [1.29, 1.82) is 0 Å². The first kappa shape index (κ1) is 15.4. The number of β-amino-alcohol motifs (C(OH)–C–C–N with tert-alkyl or cyclic N) is 1. The predicted octanol–water partition coefficient (Wildman–Crippen LogP) is 3.00. The summed E-state index contributed by atoms with van der Waals surface area (Å²) in [6, 6.07) is 0. The summed E-state index contributed by atoms with van der Waals surface area (Å²) < 4.78 is 0. The third-order valence-corrected chi connectivity index (χ3v) is 3.39. The van der Waals surface area contributed by atoms with Crippen molar-refractivity contribution in [3.63, 3.8) is 0 Å². The third-order valence-electron chi connectivity index (χ3n) is 3.39. The van der Waals surface area contributed by atoms with Gasteiger partial charge in [-0.15, -0.1) is 0 Å². The van der Waals surface area contributed by atoms with Crippen LogP contribution >= 0.6 is 0 Å². The number of hydrogen-bond acceptors (Lipinski definition) is 3. The maximum atomic E-state index is 8.94. The molecular weight excluding hydrogens is 224 g/mol. The van der Waals surface area contributed by atoms with Gasteiger partial charge in [0.05, 0.1) is 6.61 Å². The van der Waals surface area contributed by atoms with Gasteiger partial charge in [-0.3, -0.25) is 9.89 Å². The van der Waals surface area contributed by atoms with E-state index in [9.17, 15) is 0 Å². The van der Waals surface area contributed by atoms with Gasteiger partial charge < -0.3 is 5.11 Å². The molecule has 3 heteroatoms. The first-order valence-electron chi connectivity index (χ1n) is 7.40. The minimum atomic E-state index is 0.223. The Bertz CT molecular complexity index is 251. The second-order valence-corrected chi connectivity index (χ2v) is 4.94. The Balaban J connectivity index is 2.03. The Morgan fingerprint density at radius 1 is 1.28 bits per heavy atom. The highest BCUT2D eigenvalue weighted by Gasteiger charge is 2.18. The molecule has 1 atom stereocenters. The molecule has 1 N–H and O–H groups in total. The van der Waals surface area contributed by atoms with Crippen molar-refractivity contribution in [1.82, 2.24) is 4.90 Å². The van der Waals surface area contributed by atoms with Gasteiger partial charge in [-0.05, 0) is 12.8 Å². The quantitative estimate of drug-likeness (QED) is 0.479. The standard InChI is InChI=1S/C15H28N2O/c1-2-3-4-5-6-7-8-9-10-15-16-11-12-17(15)13-14-18/h8-9,11,15,18H,2-7,10,12-14H2,1H3/b9-8+. The average molecular weight is 252 g/mol. The zero-order valence-corrected chi connectivity index (χ0v) is 11.7. The summed E-state index contributed by atoms with van der Waals surface area (Å²) in [5.74, 6) is 0. The lowest BCUT2D eigenvalue weighted by atomic mass is 10.1. The number of rotatable bonds is 10. The first-order chi connectivity index (χ1) is 8.88. The van der Waals surface area contributed by atoms with Crippen molar-refractivity contribution in [3.8, 4) is 0 Å². The molecule has 1 rings (SSSR count). The second kappa shape index (κ2) is 10.3. The fraction of sp³-hybridized carbons (Fsp3) is 0.800. The van der Waals surface area contributed by atoms with Crippen LogP contribution in [0.1, 0.15) is 51.9 Å². The Labute approximate surface area is 112 Å². The molecule has 0 fully saturated rings. The summed E-state index contributed by atoms with van der Waals surface area (Å²) >= 11 is 0. The van der Waals surface area contributed by atoms with E-state index in [1.165, 1.54) is 38.5 Å². The molecule has 0 saturated heterocycles. The number of aliphatic imine (C=N–C) groups is 1. The normalized spacial score (nSPS) is 20.2. The van der Waals surface area contributed by atoms with Gasteiger partial charge in [-0.2, -0.15) is 0 Å². The van der Waals surface area contributed by atoms with Crippen molar-refractivity contribution in [2.75, 3.05) is 19.7 Å². The molecule has 0 aliphatic carbocycles. The summed E-state index contributed by atoms with van der Waals surface area (Å²) in [5.41, 5.74) is 0. The maximum absolute atomic E-state index is 8.94. The molecule has 0 radical (unpaired) electrons. The van der Waals surface area contributed by atoms with Gasteiger partial charge in [0.2, 0.25) is 0 Å². The summed E-state index contributed by atoms with van der Waals surface area (Å²) in [7, 11) is 0. The zero-order chi connectivity index (χ0) is 13.1. The fourth-order valence-corrected chi connectivity index (χ4v) is 2.27. The van der Waals surface area contributed by atoms with Gasteiger partial charge in [-0.1, -0.05) is 44.8 Å². The molecule has 0 aromatic carbocycles. The monoisotopic (exact) mass is 252 g/mol. The van der Waals surface area contributed by atoms with Gasteiger partial charge in [0, 0.05) is 25.7 Å². The first-order valence-corrected chi connectivity index (χ1v) is 7.40. The van der Waals surface area contributed by atoms with Gasteiger partial charge >= 0.3 is 0 Å². The number of allylic oxidation sites excluding steroid dienone is 1. The Kier molecular flexibility index (Phi) is 8.78. The molecule has 0 aromatic heterocycles. The van der Waals surface area contributed by atoms with E-state index in [1.54, 1.807) is 0 Å². The van der Waals surface area contributed by atoms with Crippen LogP contribution in [0.2, 0.25) is 0 Å². The van der Waals surface area contributed by atoms with E-state index in [1.807, 2.05) is 6.21 Å². The molecule has 0 amide bonds. The molecule has 0 bridgehead atoms. The van der Waals surface area contributed by atoms with Crippen molar-refractivity contribution >= 4 is 6.21 Å². The Morgan fingerprint density at radius 3 is 2.89 bits per heavy atom. The van der Waals surface area contributed by atoms with Crippen LogP contribution in [0.15, 0.2) is 17.1 Å². The summed E-state index contributed by atoms with van der Waals surface area (Å²) in [6.07, 6.45) is 15.7. The number of aliphatic hydroxyl groups excluding tert-OH is 1. The molecule has 3 nitrogen and oxygen atoms in total. The summed E-state index contributed by atoms with van der Waals surface area (Å²) in [5, 5.41) is 8.94. The third kappa shape index (κ3) is 6.31. The summed E-state index contributed by atoms with van der Waals surface area (Å²) in [4.78, 5) is 6.65. The smallest absolute Gasteiger partial charge is 0.105 e. The van der Waals surface area contributed by atoms with Gasteiger partial charge in [0.25, 0.3) is 0 Å². The molecule has 0 aromatic rings. The van der Waals surface area contributed by atoms with E-state index < -0.39 is 0 Å². The minimum absolute atomic E-state index is 0.223. The molecule has 1 aliphatic rings. The van der Waals surface area contributed by atoms with Gasteiger partial charge in [-0.25, -0.2) is 0 Å². The highest BCUT2D eigenvalue weighted by Crippen LogP contribution is 2.11. The zero-order valence-electron chi connectivity index (χ0n) is 11.7. The molecular formula is C15H28N2O. The van der Waals surface area contributed by atoms with Crippen LogP contribution in [-0.2, 0) is 0 Å². The lowest BCUT2D eigenvalue weighted by molar-refractivity contribution is 0.184. The molecule has 18 heavy (non-hydrogen) atoms. The molecule has 0 spiro atoms. The Hall–Kier alpha value is -0.670. The van der Waals surface area contributed by atoms with E-state index in [4.69, 9.17) is 5.11 Å². The van der Waals surface area contributed by atoms with E-state index >= 15 is 0 Å². The summed E-state index contributed by atoms with van der Waals surface area (Å²) in [6.45, 7) is 4.09. The van der Waals surface area contributed by atoms with E-state index in [2.05, 4.69) is 29.0 Å².